The summed E-state index contributed by atoms with van der Waals surface area (Å²) in [6.45, 7) is 0. The molecule has 1 unspecified atom stereocenters. The van der Waals surface area contributed by atoms with E-state index < -0.39 is 12.0 Å². The minimum absolute atomic E-state index is 0.264. The number of nitrogens with one attached hydrogen (secondary N) is 1. The Hall–Kier alpha value is -2.25. The lowest BCUT2D eigenvalue weighted by atomic mass is 10.0. The van der Waals surface area contributed by atoms with Crippen molar-refractivity contribution in [3.8, 4) is 11.5 Å². The third-order valence-corrected chi connectivity index (χ3v) is 4.52. The van der Waals surface area contributed by atoms with E-state index in [2.05, 4.69) is 5.32 Å². The summed E-state index contributed by atoms with van der Waals surface area (Å²) in [4.78, 5) is 23.9. The highest BCUT2D eigenvalue weighted by Gasteiger charge is 2.21. The molecule has 0 fully saturated rings. The van der Waals surface area contributed by atoms with Crippen LogP contribution in [0.15, 0.2) is 30.3 Å². The summed E-state index contributed by atoms with van der Waals surface area (Å²) >= 11 is 6.96. The van der Waals surface area contributed by atoms with Gasteiger partial charge in [0.15, 0.2) is 11.5 Å². The number of hydrogen-bond donors (Lipinski definition) is 2. The van der Waals surface area contributed by atoms with Crippen LogP contribution in [0.1, 0.15) is 27.7 Å². The lowest BCUT2D eigenvalue weighted by Gasteiger charge is -2.18. The van der Waals surface area contributed by atoms with E-state index in [9.17, 15) is 9.59 Å². The first kappa shape index (κ1) is 18.1. The van der Waals surface area contributed by atoms with E-state index in [4.69, 9.17) is 26.2 Å². The van der Waals surface area contributed by atoms with Crippen molar-refractivity contribution in [1.29, 1.82) is 0 Å². The third kappa shape index (κ3) is 4.39. The predicted octanol–water partition coefficient (Wildman–Crippen LogP) is 3.36. The van der Waals surface area contributed by atoms with Crippen molar-refractivity contribution in [2.75, 3.05) is 14.2 Å². The molecule has 0 bridgehead atoms. The number of thiophene rings is 1. The highest BCUT2D eigenvalue weighted by Crippen LogP contribution is 2.31. The molecule has 2 aromatic rings. The van der Waals surface area contributed by atoms with Gasteiger partial charge in [-0.15, -0.1) is 11.3 Å². The third-order valence-electron chi connectivity index (χ3n) is 3.29. The second kappa shape index (κ2) is 8.03. The average Bonchev–Trinajstić information content (AvgIpc) is 2.99. The smallest absolute Gasteiger partial charge is 0.305 e. The van der Waals surface area contributed by atoms with Crippen LogP contribution in [0.5, 0.6) is 11.5 Å². The van der Waals surface area contributed by atoms with E-state index >= 15 is 0 Å². The first-order chi connectivity index (χ1) is 11.4. The van der Waals surface area contributed by atoms with Gasteiger partial charge in [0.1, 0.15) is 0 Å². The molecule has 2 rings (SSSR count). The fraction of sp³-hybridized carbons (Fsp3) is 0.250. The molecule has 6 nitrogen and oxygen atoms in total. The van der Waals surface area contributed by atoms with Gasteiger partial charge in [-0.2, -0.15) is 0 Å². The van der Waals surface area contributed by atoms with Gasteiger partial charge in [-0.1, -0.05) is 17.7 Å². The number of carbonyl (C=O) groups is 2. The predicted molar refractivity (Wildman–Crippen MR) is 91.3 cm³/mol. The second-order valence-corrected chi connectivity index (χ2v) is 6.56. The quantitative estimate of drug-likeness (QED) is 0.781. The van der Waals surface area contributed by atoms with Crippen molar-refractivity contribution < 1.29 is 24.2 Å². The van der Waals surface area contributed by atoms with Crippen LogP contribution < -0.4 is 14.8 Å². The highest BCUT2D eigenvalue weighted by molar-refractivity contribution is 7.18. The molecule has 1 atom stereocenters. The van der Waals surface area contributed by atoms with Crippen molar-refractivity contribution in [2.45, 2.75) is 12.5 Å². The second-order valence-electron chi connectivity index (χ2n) is 4.84. The molecule has 1 amide bonds. The van der Waals surface area contributed by atoms with E-state index in [0.717, 1.165) is 11.3 Å². The zero-order chi connectivity index (χ0) is 17.7. The Kier molecular flexibility index (Phi) is 6.05. The lowest BCUT2D eigenvalue weighted by molar-refractivity contribution is -0.137. The number of methoxy groups -OCH3 is 2. The number of carboxylic acid groups (broad SMARTS) is 1. The summed E-state index contributed by atoms with van der Waals surface area (Å²) in [6, 6.07) is 7.50. The molecule has 128 valence electrons. The number of carboxylic acids is 1. The maximum Gasteiger partial charge on any atom is 0.305 e. The van der Waals surface area contributed by atoms with Gasteiger partial charge in [0.05, 0.1) is 35.9 Å². The Morgan fingerprint density at radius 1 is 1.21 bits per heavy atom. The van der Waals surface area contributed by atoms with Crippen molar-refractivity contribution >= 4 is 34.8 Å². The van der Waals surface area contributed by atoms with Crippen LogP contribution in [-0.4, -0.2) is 31.2 Å². The fourth-order valence-corrected chi connectivity index (χ4v) is 3.11. The summed E-state index contributed by atoms with van der Waals surface area (Å²) in [5, 5.41) is 11.9. The molecule has 0 saturated heterocycles. The fourth-order valence-electron chi connectivity index (χ4n) is 2.16. The van der Waals surface area contributed by atoms with E-state index in [-0.39, 0.29) is 12.3 Å². The van der Waals surface area contributed by atoms with E-state index in [1.54, 1.807) is 30.3 Å². The molecular formula is C16H16ClNO5S. The maximum absolute atomic E-state index is 12.3. The molecule has 0 aliphatic rings. The normalized spacial score (nSPS) is 11.6. The number of carbonyl (C=O) groups excluding carboxylic acids is 1. The van der Waals surface area contributed by atoms with Crippen molar-refractivity contribution in [3.05, 3.63) is 45.1 Å². The summed E-state index contributed by atoms with van der Waals surface area (Å²) in [6.07, 6.45) is -0.264. The van der Waals surface area contributed by atoms with Gasteiger partial charge in [-0.3, -0.25) is 9.59 Å². The number of rotatable bonds is 7. The van der Waals surface area contributed by atoms with Crippen LogP contribution in [0, 0.1) is 0 Å². The lowest BCUT2D eigenvalue weighted by Crippen LogP contribution is -2.29. The van der Waals surface area contributed by atoms with Crippen LogP contribution in [0.25, 0.3) is 0 Å². The van der Waals surface area contributed by atoms with Crippen molar-refractivity contribution in [1.82, 2.24) is 5.32 Å². The molecule has 8 heteroatoms. The van der Waals surface area contributed by atoms with Gasteiger partial charge in [0, 0.05) is 0 Å². The van der Waals surface area contributed by atoms with Gasteiger partial charge in [0.25, 0.3) is 5.91 Å². The Labute approximate surface area is 148 Å². The SMILES string of the molecule is COc1ccc(C(CC(=O)O)NC(=O)c2ccc(Cl)s2)cc1OC. The standard InChI is InChI=1S/C16H16ClNO5S/c1-22-11-4-3-9(7-12(11)23-2)10(8-15(19)20)18-16(21)13-5-6-14(17)24-13/h3-7,10H,8H2,1-2H3,(H,18,21)(H,19,20). The molecule has 1 heterocycles. The molecule has 0 aliphatic carbocycles. The van der Waals surface area contributed by atoms with Gasteiger partial charge in [-0.05, 0) is 29.8 Å². The molecule has 0 aliphatic heterocycles. The van der Waals surface area contributed by atoms with Crippen molar-refractivity contribution in [3.63, 3.8) is 0 Å². The van der Waals surface area contributed by atoms with E-state index in [1.807, 2.05) is 0 Å². The van der Waals surface area contributed by atoms with Gasteiger partial charge in [-0.25, -0.2) is 0 Å². The minimum Gasteiger partial charge on any atom is -0.493 e. The summed E-state index contributed by atoms with van der Waals surface area (Å²) < 4.78 is 10.9. The van der Waals surface area contributed by atoms with E-state index in [1.165, 1.54) is 14.2 Å². The molecular weight excluding hydrogens is 354 g/mol. The summed E-state index contributed by atoms with van der Waals surface area (Å²) in [5.74, 6) is -0.433. The van der Waals surface area contributed by atoms with Gasteiger partial charge < -0.3 is 19.9 Å². The summed E-state index contributed by atoms with van der Waals surface area (Å²) in [7, 11) is 2.99. The number of amides is 1. The minimum atomic E-state index is -1.03. The molecule has 24 heavy (non-hydrogen) atoms. The molecule has 1 aromatic carbocycles. The molecule has 0 spiro atoms. The Balaban J connectivity index is 2.28. The monoisotopic (exact) mass is 369 g/mol. The summed E-state index contributed by atoms with van der Waals surface area (Å²) in [5.41, 5.74) is 0.603. The maximum atomic E-state index is 12.3. The molecule has 0 radical (unpaired) electrons. The topological polar surface area (TPSA) is 84.9 Å². The highest BCUT2D eigenvalue weighted by atomic mass is 35.5. The van der Waals surface area contributed by atoms with Gasteiger partial charge in [0.2, 0.25) is 0 Å². The number of aliphatic carboxylic acids is 1. The average molecular weight is 370 g/mol. The van der Waals surface area contributed by atoms with Crippen LogP contribution in [-0.2, 0) is 4.79 Å². The number of halogens is 1. The largest absolute Gasteiger partial charge is 0.493 e. The van der Waals surface area contributed by atoms with Gasteiger partial charge >= 0.3 is 5.97 Å². The van der Waals surface area contributed by atoms with Crippen molar-refractivity contribution in [2.24, 2.45) is 0 Å². The van der Waals surface area contributed by atoms with Crippen LogP contribution >= 0.6 is 22.9 Å². The van der Waals surface area contributed by atoms with Crippen LogP contribution in [0.4, 0.5) is 0 Å². The van der Waals surface area contributed by atoms with Crippen LogP contribution in [0.3, 0.4) is 0 Å². The van der Waals surface area contributed by atoms with Crippen LogP contribution in [0.2, 0.25) is 4.34 Å². The number of benzene rings is 1. The Morgan fingerprint density at radius 3 is 2.46 bits per heavy atom. The Morgan fingerprint density at radius 2 is 1.92 bits per heavy atom. The zero-order valence-corrected chi connectivity index (χ0v) is 14.6. The zero-order valence-electron chi connectivity index (χ0n) is 13.0. The number of hydrogen-bond acceptors (Lipinski definition) is 5. The molecule has 1 aromatic heterocycles. The Bertz CT molecular complexity index is 746. The molecule has 0 saturated carbocycles. The number of ether oxygens (including phenoxy) is 2. The molecule has 2 N–H and O–H groups in total. The first-order valence-electron chi connectivity index (χ1n) is 6.94. The first-order valence-corrected chi connectivity index (χ1v) is 8.14. The van der Waals surface area contributed by atoms with E-state index in [0.29, 0.717) is 26.3 Å².